The van der Waals surface area contributed by atoms with Crippen LogP contribution in [0.25, 0.3) is 22.5 Å². The van der Waals surface area contributed by atoms with Gasteiger partial charge in [-0.25, -0.2) is 4.68 Å². The summed E-state index contributed by atoms with van der Waals surface area (Å²) in [5, 5.41) is 11.8. The van der Waals surface area contributed by atoms with Crippen LogP contribution >= 0.6 is 0 Å². The SMILES string of the molecule is COc1cccc(Cn2nc(C)c(-c3cc(-c4ccccc4)n[nH]3)c(N)c2=O)c1. The second-order valence-electron chi connectivity index (χ2n) is 6.72. The Balaban J connectivity index is 1.71. The molecule has 0 radical (unpaired) electrons. The maximum Gasteiger partial charge on any atom is 0.290 e. The highest BCUT2D eigenvalue weighted by Crippen LogP contribution is 2.28. The number of aromatic nitrogens is 4. The topological polar surface area (TPSA) is 98.8 Å². The average molecular weight is 387 g/mol. The number of nitrogens with one attached hydrogen (secondary N) is 1. The number of ether oxygens (including phenoxy) is 1. The molecule has 2 aromatic heterocycles. The lowest BCUT2D eigenvalue weighted by Crippen LogP contribution is -2.27. The predicted molar refractivity (Wildman–Crippen MR) is 113 cm³/mol. The van der Waals surface area contributed by atoms with Gasteiger partial charge in [0, 0.05) is 5.56 Å². The number of nitrogens with two attached hydrogens (primary N) is 1. The fourth-order valence-electron chi connectivity index (χ4n) is 3.31. The third-order valence-electron chi connectivity index (χ3n) is 4.75. The molecule has 7 nitrogen and oxygen atoms in total. The fourth-order valence-corrected chi connectivity index (χ4v) is 3.31. The van der Waals surface area contributed by atoms with Crippen molar-refractivity contribution in [1.29, 1.82) is 0 Å². The number of benzene rings is 2. The molecule has 0 amide bonds. The molecule has 0 saturated heterocycles. The highest BCUT2D eigenvalue weighted by atomic mass is 16.5. The van der Waals surface area contributed by atoms with E-state index in [9.17, 15) is 4.79 Å². The van der Waals surface area contributed by atoms with Gasteiger partial charge >= 0.3 is 0 Å². The van der Waals surface area contributed by atoms with Crippen LogP contribution < -0.4 is 16.0 Å². The van der Waals surface area contributed by atoms with Gasteiger partial charge in [-0.2, -0.15) is 10.2 Å². The molecule has 2 aromatic carbocycles. The summed E-state index contributed by atoms with van der Waals surface area (Å²) >= 11 is 0. The van der Waals surface area contributed by atoms with Crippen molar-refractivity contribution in [3.05, 3.63) is 82.3 Å². The Morgan fingerprint density at radius 2 is 1.90 bits per heavy atom. The minimum absolute atomic E-state index is 0.142. The van der Waals surface area contributed by atoms with Crippen molar-refractivity contribution in [3.8, 4) is 28.3 Å². The number of rotatable bonds is 5. The number of nitrogen functional groups attached to an aromatic ring is 1. The van der Waals surface area contributed by atoms with Gasteiger partial charge in [0.25, 0.3) is 5.56 Å². The van der Waals surface area contributed by atoms with E-state index in [1.54, 1.807) is 7.11 Å². The van der Waals surface area contributed by atoms with Gasteiger partial charge in [-0.1, -0.05) is 42.5 Å². The Labute approximate surface area is 167 Å². The number of aryl methyl sites for hydroxylation is 1. The van der Waals surface area contributed by atoms with Crippen LogP contribution in [-0.2, 0) is 6.54 Å². The molecule has 0 unspecified atom stereocenters. The van der Waals surface area contributed by atoms with E-state index in [0.29, 0.717) is 23.5 Å². The molecule has 0 saturated carbocycles. The van der Waals surface area contributed by atoms with Gasteiger partial charge < -0.3 is 10.5 Å². The van der Waals surface area contributed by atoms with E-state index in [1.165, 1.54) is 4.68 Å². The van der Waals surface area contributed by atoms with Crippen LogP contribution in [0.1, 0.15) is 11.3 Å². The minimum atomic E-state index is -0.343. The van der Waals surface area contributed by atoms with Gasteiger partial charge in [0.15, 0.2) is 0 Å². The number of H-pyrrole nitrogens is 1. The van der Waals surface area contributed by atoms with Gasteiger partial charge in [-0.05, 0) is 30.7 Å². The number of methoxy groups -OCH3 is 1. The van der Waals surface area contributed by atoms with Crippen molar-refractivity contribution in [2.75, 3.05) is 12.8 Å². The minimum Gasteiger partial charge on any atom is -0.497 e. The smallest absolute Gasteiger partial charge is 0.290 e. The van der Waals surface area contributed by atoms with Gasteiger partial charge in [0.1, 0.15) is 11.4 Å². The molecule has 3 N–H and O–H groups in total. The van der Waals surface area contributed by atoms with Gasteiger partial charge in [-0.15, -0.1) is 0 Å². The Morgan fingerprint density at radius 1 is 1.10 bits per heavy atom. The van der Waals surface area contributed by atoms with Crippen LogP contribution in [0.5, 0.6) is 5.75 Å². The summed E-state index contributed by atoms with van der Waals surface area (Å²) < 4.78 is 6.61. The summed E-state index contributed by atoms with van der Waals surface area (Å²) in [5.74, 6) is 0.725. The Morgan fingerprint density at radius 3 is 2.66 bits per heavy atom. The zero-order valence-electron chi connectivity index (χ0n) is 16.2. The van der Waals surface area contributed by atoms with Gasteiger partial charge in [0.2, 0.25) is 0 Å². The van der Waals surface area contributed by atoms with E-state index in [0.717, 1.165) is 22.6 Å². The largest absolute Gasteiger partial charge is 0.497 e. The lowest BCUT2D eigenvalue weighted by Gasteiger charge is -2.12. The number of nitrogens with zero attached hydrogens (tertiary/aromatic N) is 3. The Kier molecular flexibility index (Phi) is 4.87. The van der Waals surface area contributed by atoms with E-state index in [2.05, 4.69) is 15.3 Å². The maximum atomic E-state index is 12.9. The molecule has 4 rings (SSSR count). The summed E-state index contributed by atoms with van der Waals surface area (Å²) in [4.78, 5) is 12.9. The average Bonchev–Trinajstić information content (AvgIpc) is 3.22. The van der Waals surface area contributed by atoms with E-state index in [1.807, 2.05) is 67.6 Å². The van der Waals surface area contributed by atoms with Crippen LogP contribution in [0.15, 0.2) is 65.5 Å². The lowest BCUT2D eigenvalue weighted by molar-refractivity contribution is 0.414. The molecular weight excluding hydrogens is 366 g/mol. The van der Waals surface area contributed by atoms with Crippen molar-refractivity contribution in [1.82, 2.24) is 20.0 Å². The van der Waals surface area contributed by atoms with Crippen molar-refractivity contribution >= 4 is 5.69 Å². The summed E-state index contributed by atoms with van der Waals surface area (Å²) in [6.07, 6.45) is 0. The number of aromatic amines is 1. The molecule has 0 aliphatic heterocycles. The number of hydrogen-bond acceptors (Lipinski definition) is 5. The molecule has 0 atom stereocenters. The molecule has 0 aliphatic rings. The first-order valence-electron chi connectivity index (χ1n) is 9.18. The molecular formula is C22H21N5O2. The first-order chi connectivity index (χ1) is 14.1. The summed E-state index contributed by atoms with van der Waals surface area (Å²) in [7, 11) is 1.61. The number of anilines is 1. The van der Waals surface area contributed by atoms with Crippen molar-refractivity contribution in [2.45, 2.75) is 13.5 Å². The molecule has 29 heavy (non-hydrogen) atoms. The summed E-state index contributed by atoms with van der Waals surface area (Å²) in [6.45, 7) is 2.13. The van der Waals surface area contributed by atoms with Crippen LogP contribution in [0.2, 0.25) is 0 Å². The second kappa shape index (κ2) is 7.63. The summed E-state index contributed by atoms with van der Waals surface area (Å²) in [6, 6.07) is 19.2. The molecule has 0 spiro atoms. The highest BCUT2D eigenvalue weighted by Gasteiger charge is 2.17. The fraction of sp³-hybridized carbons (Fsp3) is 0.136. The third-order valence-corrected chi connectivity index (χ3v) is 4.75. The highest BCUT2D eigenvalue weighted by molar-refractivity contribution is 5.77. The normalized spacial score (nSPS) is 10.8. The van der Waals surface area contributed by atoms with E-state index >= 15 is 0 Å². The predicted octanol–water partition coefficient (Wildman–Crippen LogP) is 3.25. The van der Waals surface area contributed by atoms with E-state index in [-0.39, 0.29) is 11.2 Å². The van der Waals surface area contributed by atoms with Crippen LogP contribution in [0, 0.1) is 6.92 Å². The molecule has 0 aliphatic carbocycles. The van der Waals surface area contributed by atoms with E-state index in [4.69, 9.17) is 10.5 Å². The quantitative estimate of drug-likeness (QED) is 0.548. The van der Waals surface area contributed by atoms with E-state index < -0.39 is 0 Å². The molecule has 0 bridgehead atoms. The third kappa shape index (κ3) is 3.62. The molecule has 2 heterocycles. The first kappa shape index (κ1) is 18.5. The molecule has 0 fully saturated rings. The van der Waals surface area contributed by atoms with Gasteiger partial charge in [0.05, 0.1) is 36.3 Å². The van der Waals surface area contributed by atoms with Crippen LogP contribution in [0.4, 0.5) is 5.69 Å². The second-order valence-corrected chi connectivity index (χ2v) is 6.72. The van der Waals surface area contributed by atoms with Crippen molar-refractivity contribution < 1.29 is 4.74 Å². The lowest BCUT2D eigenvalue weighted by atomic mass is 10.1. The van der Waals surface area contributed by atoms with Crippen LogP contribution in [-0.4, -0.2) is 27.1 Å². The molecule has 146 valence electrons. The Hall–Kier alpha value is -3.87. The first-order valence-corrected chi connectivity index (χ1v) is 9.18. The Bertz CT molecular complexity index is 1210. The zero-order chi connectivity index (χ0) is 20.4. The van der Waals surface area contributed by atoms with Gasteiger partial charge in [-0.3, -0.25) is 9.89 Å². The monoisotopic (exact) mass is 387 g/mol. The van der Waals surface area contributed by atoms with Crippen molar-refractivity contribution in [3.63, 3.8) is 0 Å². The standard InChI is InChI=1S/C22H21N5O2/c1-14-20(19-12-18(24-25-19)16-8-4-3-5-9-16)21(23)22(28)27(26-14)13-15-7-6-10-17(11-15)29-2/h3-12H,13,23H2,1-2H3,(H,24,25). The number of hydrogen-bond donors (Lipinski definition) is 2. The van der Waals surface area contributed by atoms with Crippen molar-refractivity contribution in [2.24, 2.45) is 0 Å². The zero-order valence-corrected chi connectivity index (χ0v) is 16.2. The van der Waals surface area contributed by atoms with Crippen LogP contribution in [0.3, 0.4) is 0 Å². The maximum absolute atomic E-state index is 12.9. The molecule has 7 heteroatoms. The molecule has 4 aromatic rings. The summed E-state index contributed by atoms with van der Waals surface area (Å²) in [5.41, 5.74) is 10.6.